The average Bonchev–Trinajstić information content (AvgIpc) is 2.41. The monoisotopic (exact) mass is 235 g/mol. The van der Waals surface area contributed by atoms with Gasteiger partial charge in [0.1, 0.15) is 5.75 Å². The van der Waals surface area contributed by atoms with Crippen LogP contribution in [-0.4, -0.2) is 5.11 Å². The molecule has 0 aliphatic heterocycles. The lowest BCUT2D eigenvalue weighted by molar-refractivity contribution is 0.475. The van der Waals surface area contributed by atoms with Gasteiger partial charge in [-0.05, 0) is 34.7 Å². The Morgan fingerprint density at radius 1 is 0.722 bits per heavy atom. The fourth-order valence-corrected chi connectivity index (χ4v) is 2.22. The van der Waals surface area contributed by atoms with E-state index < -0.39 is 0 Å². The van der Waals surface area contributed by atoms with Crippen LogP contribution in [0.3, 0.4) is 0 Å². The van der Waals surface area contributed by atoms with Crippen molar-refractivity contribution in [2.45, 2.75) is 0 Å². The first-order chi connectivity index (χ1) is 8.75. The number of benzene rings is 3. The Balaban J connectivity index is 2.30. The summed E-state index contributed by atoms with van der Waals surface area (Å²) in [6.07, 6.45) is 0. The molecule has 0 saturated carbocycles. The molecule has 0 spiro atoms. The number of phenols is 1. The van der Waals surface area contributed by atoms with Gasteiger partial charge in [0, 0.05) is 11.1 Å². The maximum Gasteiger partial charge on any atom is 0.115 e. The van der Waals surface area contributed by atoms with Crippen molar-refractivity contribution in [2.75, 3.05) is 5.73 Å². The van der Waals surface area contributed by atoms with Crippen molar-refractivity contribution in [1.82, 2.24) is 0 Å². The van der Waals surface area contributed by atoms with Crippen LogP contribution in [0.1, 0.15) is 0 Å². The molecule has 0 aromatic heterocycles. The number of hydrogen-bond acceptors (Lipinski definition) is 2. The van der Waals surface area contributed by atoms with E-state index in [4.69, 9.17) is 5.73 Å². The van der Waals surface area contributed by atoms with Gasteiger partial charge in [-0.3, -0.25) is 0 Å². The number of phenolic OH excluding ortho intramolecular Hbond substituents is 1. The highest BCUT2D eigenvalue weighted by Gasteiger charge is 2.05. The van der Waals surface area contributed by atoms with Gasteiger partial charge in [-0.1, -0.05) is 42.5 Å². The van der Waals surface area contributed by atoms with Crippen molar-refractivity contribution in [1.29, 1.82) is 0 Å². The van der Waals surface area contributed by atoms with Gasteiger partial charge in [0.05, 0.1) is 0 Å². The maximum atomic E-state index is 9.34. The van der Waals surface area contributed by atoms with E-state index in [1.165, 1.54) is 0 Å². The lowest BCUT2D eigenvalue weighted by atomic mass is 9.97. The SMILES string of the molecule is Nc1ccc(-c2ccc(O)cc2)c2ccccc12. The molecular weight excluding hydrogens is 222 g/mol. The molecule has 88 valence electrons. The first-order valence-corrected chi connectivity index (χ1v) is 5.82. The molecule has 0 amide bonds. The molecule has 2 heteroatoms. The molecule has 3 aromatic rings. The summed E-state index contributed by atoms with van der Waals surface area (Å²) in [5, 5.41) is 11.5. The van der Waals surface area contributed by atoms with E-state index >= 15 is 0 Å². The Labute approximate surface area is 105 Å². The molecule has 0 fully saturated rings. The zero-order valence-electron chi connectivity index (χ0n) is 9.80. The summed E-state index contributed by atoms with van der Waals surface area (Å²) in [6, 6.07) is 19.2. The van der Waals surface area contributed by atoms with Gasteiger partial charge in [-0.15, -0.1) is 0 Å². The molecule has 0 unspecified atom stereocenters. The molecule has 3 N–H and O–H groups in total. The molecule has 0 bridgehead atoms. The third-order valence-electron chi connectivity index (χ3n) is 3.14. The van der Waals surface area contributed by atoms with E-state index in [1.54, 1.807) is 12.1 Å². The first-order valence-electron chi connectivity index (χ1n) is 5.82. The lowest BCUT2D eigenvalue weighted by Crippen LogP contribution is -1.88. The molecule has 0 saturated heterocycles. The number of rotatable bonds is 1. The van der Waals surface area contributed by atoms with Crippen LogP contribution < -0.4 is 5.73 Å². The Morgan fingerprint density at radius 3 is 2.11 bits per heavy atom. The van der Waals surface area contributed by atoms with Crippen LogP contribution in [0.4, 0.5) is 5.69 Å². The van der Waals surface area contributed by atoms with Crippen LogP contribution in [0.15, 0.2) is 60.7 Å². The summed E-state index contributed by atoms with van der Waals surface area (Å²) < 4.78 is 0. The molecule has 0 heterocycles. The Kier molecular flexibility index (Phi) is 2.41. The third-order valence-corrected chi connectivity index (χ3v) is 3.14. The molecule has 2 nitrogen and oxygen atoms in total. The highest BCUT2D eigenvalue weighted by molar-refractivity contribution is 6.02. The molecule has 0 aliphatic carbocycles. The van der Waals surface area contributed by atoms with Gasteiger partial charge in [-0.2, -0.15) is 0 Å². The van der Waals surface area contributed by atoms with Crippen LogP contribution in [0.25, 0.3) is 21.9 Å². The average molecular weight is 235 g/mol. The summed E-state index contributed by atoms with van der Waals surface area (Å²) in [7, 11) is 0. The maximum absolute atomic E-state index is 9.34. The summed E-state index contributed by atoms with van der Waals surface area (Å²) in [6.45, 7) is 0. The number of aromatic hydroxyl groups is 1. The van der Waals surface area contributed by atoms with Crippen molar-refractivity contribution in [3.8, 4) is 16.9 Å². The number of anilines is 1. The molecular formula is C16H13NO. The summed E-state index contributed by atoms with van der Waals surface area (Å²) in [5.74, 6) is 0.276. The first kappa shape index (κ1) is 10.7. The Hall–Kier alpha value is -2.48. The van der Waals surface area contributed by atoms with Gasteiger partial charge < -0.3 is 10.8 Å². The fraction of sp³-hybridized carbons (Fsp3) is 0. The molecule has 3 rings (SSSR count). The van der Waals surface area contributed by atoms with Crippen LogP contribution in [0, 0.1) is 0 Å². The topological polar surface area (TPSA) is 46.2 Å². The lowest BCUT2D eigenvalue weighted by Gasteiger charge is -2.09. The minimum absolute atomic E-state index is 0.276. The third kappa shape index (κ3) is 1.68. The van der Waals surface area contributed by atoms with E-state index in [1.807, 2.05) is 42.5 Å². The van der Waals surface area contributed by atoms with Gasteiger partial charge in [0.2, 0.25) is 0 Å². The summed E-state index contributed by atoms with van der Waals surface area (Å²) >= 11 is 0. The fourth-order valence-electron chi connectivity index (χ4n) is 2.22. The van der Waals surface area contributed by atoms with Crippen molar-refractivity contribution in [2.24, 2.45) is 0 Å². The smallest absolute Gasteiger partial charge is 0.115 e. The second kappa shape index (κ2) is 4.08. The highest BCUT2D eigenvalue weighted by atomic mass is 16.3. The van der Waals surface area contributed by atoms with Gasteiger partial charge in [0.15, 0.2) is 0 Å². The van der Waals surface area contributed by atoms with Crippen molar-refractivity contribution in [3.63, 3.8) is 0 Å². The number of hydrogen-bond donors (Lipinski definition) is 2. The van der Waals surface area contributed by atoms with Crippen LogP contribution in [-0.2, 0) is 0 Å². The van der Waals surface area contributed by atoms with Crippen LogP contribution in [0.5, 0.6) is 5.75 Å². The minimum Gasteiger partial charge on any atom is -0.508 e. The summed E-state index contributed by atoms with van der Waals surface area (Å²) in [5.41, 5.74) is 8.97. The predicted molar refractivity (Wildman–Crippen MR) is 75.5 cm³/mol. The second-order valence-electron chi connectivity index (χ2n) is 4.29. The number of nitrogen functional groups attached to an aromatic ring is 1. The molecule has 0 atom stereocenters. The summed E-state index contributed by atoms with van der Waals surface area (Å²) in [4.78, 5) is 0. The van der Waals surface area contributed by atoms with E-state index in [0.29, 0.717) is 0 Å². The van der Waals surface area contributed by atoms with E-state index in [0.717, 1.165) is 27.6 Å². The molecule has 0 aliphatic rings. The molecule has 0 radical (unpaired) electrons. The van der Waals surface area contributed by atoms with Crippen LogP contribution in [0.2, 0.25) is 0 Å². The van der Waals surface area contributed by atoms with Gasteiger partial charge in [-0.25, -0.2) is 0 Å². The van der Waals surface area contributed by atoms with Crippen molar-refractivity contribution >= 4 is 16.5 Å². The largest absolute Gasteiger partial charge is 0.508 e. The zero-order chi connectivity index (χ0) is 12.5. The quantitative estimate of drug-likeness (QED) is 0.630. The molecule has 18 heavy (non-hydrogen) atoms. The van der Waals surface area contributed by atoms with Gasteiger partial charge in [0.25, 0.3) is 0 Å². The van der Waals surface area contributed by atoms with Gasteiger partial charge >= 0.3 is 0 Å². The second-order valence-corrected chi connectivity index (χ2v) is 4.29. The van der Waals surface area contributed by atoms with E-state index in [2.05, 4.69) is 6.07 Å². The number of nitrogens with two attached hydrogens (primary N) is 1. The zero-order valence-corrected chi connectivity index (χ0v) is 9.80. The predicted octanol–water partition coefficient (Wildman–Crippen LogP) is 3.79. The highest BCUT2D eigenvalue weighted by Crippen LogP contribution is 2.32. The van der Waals surface area contributed by atoms with Crippen molar-refractivity contribution < 1.29 is 5.11 Å². The van der Waals surface area contributed by atoms with Crippen LogP contribution >= 0.6 is 0 Å². The normalized spacial score (nSPS) is 10.7. The minimum atomic E-state index is 0.276. The standard InChI is InChI=1S/C16H13NO/c17-16-10-9-13(11-5-7-12(18)8-6-11)14-3-1-2-4-15(14)16/h1-10,18H,17H2. The van der Waals surface area contributed by atoms with Crippen molar-refractivity contribution in [3.05, 3.63) is 60.7 Å². The van der Waals surface area contributed by atoms with E-state index in [9.17, 15) is 5.11 Å². The Bertz CT molecular complexity index is 702. The Morgan fingerprint density at radius 2 is 1.39 bits per heavy atom. The number of fused-ring (bicyclic) bond motifs is 1. The molecule has 3 aromatic carbocycles. The van der Waals surface area contributed by atoms with E-state index in [-0.39, 0.29) is 5.75 Å².